The van der Waals surface area contributed by atoms with Crippen LogP contribution in [0, 0.1) is 0 Å². The van der Waals surface area contributed by atoms with Crippen molar-refractivity contribution in [2.75, 3.05) is 10.6 Å². The summed E-state index contributed by atoms with van der Waals surface area (Å²) in [7, 11) is -4.16. The number of nitrogens with zero attached hydrogens (tertiary/aromatic N) is 1. The molecule has 9 nitrogen and oxygen atoms in total. The summed E-state index contributed by atoms with van der Waals surface area (Å²) in [6.45, 7) is 0. The van der Waals surface area contributed by atoms with Gasteiger partial charge in [0.05, 0.1) is 17.0 Å². The number of carbonyl (C=O) groups excluding carboxylic acids is 1. The summed E-state index contributed by atoms with van der Waals surface area (Å²) in [5.74, 6) is -1.20. The normalized spacial score (nSPS) is 12.0. The first-order chi connectivity index (χ1) is 16.8. The number of hydrogen-bond acceptors (Lipinski definition) is 6. The van der Waals surface area contributed by atoms with Gasteiger partial charge < -0.3 is 20.7 Å². The minimum absolute atomic E-state index is 0.0709. The lowest BCUT2D eigenvalue weighted by Gasteiger charge is -2.19. The topological polar surface area (TPSA) is 141 Å². The lowest BCUT2D eigenvalue weighted by Crippen LogP contribution is -2.20. The third-order valence-corrected chi connectivity index (χ3v) is 7.41. The van der Waals surface area contributed by atoms with Gasteiger partial charge in [0.15, 0.2) is 9.84 Å². The minimum Gasteiger partial charge on any atom is -0.481 e. The summed E-state index contributed by atoms with van der Waals surface area (Å²) < 4.78 is 27.1. The first-order valence-electron chi connectivity index (χ1n) is 10.6. The van der Waals surface area contributed by atoms with E-state index in [4.69, 9.17) is 0 Å². The Labute approximate surface area is 201 Å². The number of para-hydroxylation sites is 1. The van der Waals surface area contributed by atoms with Crippen molar-refractivity contribution in [3.63, 3.8) is 0 Å². The zero-order chi connectivity index (χ0) is 24.8. The molecule has 0 spiro atoms. The summed E-state index contributed by atoms with van der Waals surface area (Å²) in [4.78, 5) is 31.2. The molecular weight excluding hydrogens is 468 g/mol. The number of carboxylic acid groups (broad SMARTS) is 1. The van der Waals surface area contributed by atoms with E-state index in [0.717, 1.165) is 0 Å². The van der Waals surface area contributed by atoms with Crippen molar-refractivity contribution in [3.8, 4) is 0 Å². The highest BCUT2D eigenvalue weighted by Gasteiger charge is 2.33. The summed E-state index contributed by atoms with van der Waals surface area (Å²) in [5.41, 5.74) is 1.45. The Balaban J connectivity index is 1.59. The number of anilines is 3. The quantitative estimate of drug-likeness (QED) is 0.272. The molecular formula is C25H22N4O5S. The van der Waals surface area contributed by atoms with E-state index in [1.165, 1.54) is 18.2 Å². The summed E-state index contributed by atoms with van der Waals surface area (Å²) in [6.07, 6.45) is 2.67. The zero-order valence-corrected chi connectivity index (χ0v) is 19.2. The van der Waals surface area contributed by atoms with Gasteiger partial charge >= 0.3 is 5.97 Å². The van der Waals surface area contributed by atoms with Gasteiger partial charge in [0.2, 0.25) is 5.95 Å². The van der Waals surface area contributed by atoms with Gasteiger partial charge in [-0.15, -0.1) is 0 Å². The van der Waals surface area contributed by atoms with Crippen LogP contribution in [0.2, 0.25) is 0 Å². The maximum absolute atomic E-state index is 13.6. The fourth-order valence-corrected chi connectivity index (χ4v) is 5.45. The molecule has 0 aliphatic heterocycles. The zero-order valence-electron chi connectivity index (χ0n) is 18.4. The molecule has 0 aliphatic carbocycles. The highest BCUT2D eigenvalue weighted by atomic mass is 32.2. The lowest BCUT2D eigenvalue weighted by atomic mass is 10.1. The standard InChI is InChI=1S/C25H22N4O5S/c30-23(31)16-22(17-6-2-1-3-7-17)35(33,34)21-9-5-4-8-20(21)29-24(32)18-10-12-19(13-11-18)28-25-26-14-15-27-25/h1-15,22H,16H2,(H,29,32)(H,30,31)(H2,26,27,28). The second-order valence-corrected chi connectivity index (χ2v) is 9.73. The van der Waals surface area contributed by atoms with Crippen LogP contribution < -0.4 is 10.6 Å². The molecule has 10 heteroatoms. The van der Waals surface area contributed by atoms with Gasteiger partial charge in [-0.2, -0.15) is 0 Å². The Kier molecular flexibility index (Phi) is 6.93. The molecule has 4 rings (SSSR count). The number of H-pyrrole nitrogens is 1. The van der Waals surface area contributed by atoms with Gasteiger partial charge in [-0.3, -0.25) is 9.59 Å². The number of aliphatic carboxylic acids is 1. The monoisotopic (exact) mass is 490 g/mol. The van der Waals surface area contributed by atoms with Gasteiger partial charge in [-0.25, -0.2) is 13.4 Å². The van der Waals surface area contributed by atoms with Crippen molar-refractivity contribution in [1.82, 2.24) is 9.97 Å². The van der Waals surface area contributed by atoms with E-state index >= 15 is 0 Å². The number of amides is 1. The van der Waals surface area contributed by atoms with Crippen LogP contribution in [-0.4, -0.2) is 35.4 Å². The number of nitrogens with one attached hydrogen (secondary N) is 3. The number of carboxylic acids is 1. The second-order valence-electron chi connectivity index (χ2n) is 7.63. The average Bonchev–Trinajstić information content (AvgIpc) is 3.36. The fraction of sp³-hybridized carbons (Fsp3) is 0.0800. The first-order valence-corrected chi connectivity index (χ1v) is 12.2. The molecule has 4 aromatic rings. The molecule has 3 aromatic carbocycles. The van der Waals surface area contributed by atoms with Crippen LogP contribution in [-0.2, 0) is 14.6 Å². The number of benzene rings is 3. The van der Waals surface area contributed by atoms with Crippen molar-refractivity contribution in [1.29, 1.82) is 0 Å². The molecule has 35 heavy (non-hydrogen) atoms. The van der Waals surface area contributed by atoms with E-state index in [1.807, 2.05) is 0 Å². The Hall–Kier alpha value is -4.44. The van der Waals surface area contributed by atoms with E-state index < -0.39 is 33.4 Å². The second kappa shape index (κ2) is 10.2. The Bertz CT molecular complexity index is 1420. The number of aromatic amines is 1. The third-order valence-electron chi connectivity index (χ3n) is 5.26. The molecule has 0 aliphatic rings. The highest BCUT2D eigenvalue weighted by Crippen LogP contribution is 2.35. The summed E-state index contributed by atoms with van der Waals surface area (Å²) >= 11 is 0. The smallest absolute Gasteiger partial charge is 0.305 e. The molecule has 0 saturated carbocycles. The summed E-state index contributed by atoms with van der Waals surface area (Å²) in [5, 5.41) is 13.8. The number of sulfone groups is 1. The maximum Gasteiger partial charge on any atom is 0.305 e. The third kappa shape index (κ3) is 5.56. The van der Waals surface area contributed by atoms with E-state index in [-0.39, 0.29) is 10.6 Å². The molecule has 0 fully saturated rings. The van der Waals surface area contributed by atoms with Crippen molar-refractivity contribution in [2.24, 2.45) is 0 Å². The summed E-state index contributed by atoms with van der Waals surface area (Å²) in [6, 6.07) is 20.7. The maximum atomic E-state index is 13.6. The van der Waals surface area contributed by atoms with Crippen LogP contribution in [0.3, 0.4) is 0 Å². The van der Waals surface area contributed by atoms with Gasteiger partial charge in [0.25, 0.3) is 5.91 Å². The first kappa shape index (κ1) is 23.7. The van der Waals surface area contributed by atoms with Crippen molar-refractivity contribution >= 4 is 39.0 Å². The predicted molar refractivity (Wildman–Crippen MR) is 131 cm³/mol. The number of imidazole rings is 1. The number of hydrogen-bond donors (Lipinski definition) is 4. The van der Waals surface area contributed by atoms with E-state index in [2.05, 4.69) is 20.6 Å². The van der Waals surface area contributed by atoms with Crippen LogP contribution in [0.15, 0.2) is 96.2 Å². The van der Waals surface area contributed by atoms with E-state index in [9.17, 15) is 23.1 Å². The van der Waals surface area contributed by atoms with Crippen LogP contribution in [0.1, 0.15) is 27.6 Å². The van der Waals surface area contributed by atoms with Gasteiger partial charge in [0.1, 0.15) is 5.25 Å². The SMILES string of the molecule is O=C(O)CC(c1ccccc1)S(=O)(=O)c1ccccc1NC(=O)c1ccc(Nc2ncc[nH]2)cc1. The van der Waals surface area contributed by atoms with Crippen molar-refractivity contribution < 1.29 is 23.1 Å². The molecule has 4 N–H and O–H groups in total. The van der Waals surface area contributed by atoms with Gasteiger partial charge in [0, 0.05) is 23.6 Å². The van der Waals surface area contributed by atoms with E-state index in [1.54, 1.807) is 73.1 Å². The van der Waals surface area contributed by atoms with Crippen molar-refractivity contribution in [3.05, 3.63) is 102 Å². The molecule has 178 valence electrons. The molecule has 1 amide bonds. The van der Waals surface area contributed by atoms with Gasteiger partial charge in [-0.1, -0.05) is 42.5 Å². The lowest BCUT2D eigenvalue weighted by molar-refractivity contribution is -0.137. The Morgan fingerprint density at radius 3 is 2.29 bits per heavy atom. The van der Waals surface area contributed by atoms with Crippen LogP contribution in [0.5, 0.6) is 0 Å². The van der Waals surface area contributed by atoms with Crippen LogP contribution >= 0.6 is 0 Å². The number of rotatable bonds is 9. The molecule has 1 atom stereocenters. The minimum atomic E-state index is -4.16. The molecule has 0 radical (unpaired) electrons. The molecule has 1 aromatic heterocycles. The molecule has 0 bridgehead atoms. The van der Waals surface area contributed by atoms with E-state index in [0.29, 0.717) is 22.8 Å². The van der Waals surface area contributed by atoms with Crippen LogP contribution in [0.25, 0.3) is 0 Å². The predicted octanol–water partition coefficient (Wildman–Crippen LogP) is 4.40. The number of carbonyl (C=O) groups is 2. The molecule has 0 saturated heterocycles. The molecule has 1 heterocycles. The van der Waals surface area contributed by atoms with Crippen molar-refractivity contribution in [2.45, 2.75) is 16.6 Å². The Morgan fingerprint density at radius 1 is 0.943 bits per heavy atom. The van der Waals surface area contributed by atoms with Crippen LogP contribution in [0.4, 0.5) is 17.3 Å². The number of aromatic nitrogens is 2. The average molecular weight is 491 g/mol. The fourth-order valence-electron chi connectivity index (χ4n) is 3.57. The largest absolute Gasteiger partial charge is 0.481 e. The Morgan fingerprint density at radius 2 is 1.63 bits per heavy atom. The molecule has 1 unspecified atom stereocenters. The highest BCUT2D eigenvalue weighted by molar-refractivity contribution is 7.91. The van der Waals surface area contributed by atoms with Gasteiger partial charge in [-0.05, 0) is 42.0 Å².